The summed E-state index contributed by atoms with van der Waals surface area (Å²) in [4.78, 5) is 18.9. The van der Waals surface area contributed by atoms with E-state index in [0.717, 1.165) is 49.7 Å². The van der Waals surface area contributed by atoms with E-state index >= 15 is 0 Å². The Morgan fingerprint density at radius 3 is 2.63 bits per heavy atom. The van der Waals surface area contributed by atoms with Crippen LogP contribution in [0.5, 0.6) is 0 Å². The molecule has 0 bridgehead atoms. The van der Waals surface area contributed by atoms with Crippen LogP contribution >= 0.6 is 0 Å². The molecule has 1 saturated heterocycles. The second-order valence-corrected chi connectivity index (χ2v) is 7.52. The second-order valence-electron chi connectivity index (χ2n) is 7.52. The van der Waals surface area contributed by atoms with Crippen LogP contribution in [0.4, 0.5) is 10.5 Å². The number of ether oxygens (including phenoxy) is 1. The van der Waals surface area contributed by atoms with Gasteiger partial charge in [0.05, 0.1) is 0 Å². The molecule has 0 aliphatic carbocycles. The van der Waals surface area contributed by atoms with Crippen LogP contribution in [-0.2, 0) is 17.9 Å². The Morgan fingerprint density at radius 2 is 1.96 bits per heavy atom. The van der Waals surface area contributed by atoms with Crippen molar-refractivity contribution in [3.8, 4) is 0 Å². The predicted molar refractivity (Wildman–Crippen MR) is 107 cm³/mol. The fourth-order valence-corrected chi connectivity index (χ4v) is 3.60. The number of likely N-dealkylation sites (tertiary alicyclic amines) is 1. The summed E-state index contributed by atoms with van der Waals surface area (Å²) in [7, 11) is 1.70. The van der Waals surface area contributed by atoms with Gasteiger partial charge in [-0.2, -0.15) is 0 Å². The lowest BCUT2D eigenvalue weighted by Gasteiger charge is -2.32. The summed E-state index contributed by atoms with van der Waals surface area (Å²) in [5, 5.41) is 3.03. The average molecular weight is 370 g/mol. The summed E-state index contributed by atoms with van der Waals surface area (Å²) >= 11 is 0. The molecule has 1 aromatic heterocycles. The van der Waals surface area contributed by atoms with E-state index in [0.29, 0.717) is 12.5 Å². The molecule has 2 amide bonds. The SMILES string of the molecule is COCc1ncc(C)n1CC1CCN(C(=O)Nc2ccc(C)c(C)c2)CC1. The highest BCUT2D eigenvalue weighted by Gasteiger charge is 2.24. The zero-order valence-electron chi connectivity index (χ0n) is 16.8. The van der Waals surface area contributed by atoms with Crippen LogP contribution in [0.15, 0.2) is 24.4 Å². The van der Waals surface area contributed by atoms with Crippen molar-refractivity contribution < 1.29 is 9.53 Å². The number of anilines is 1. The molecule has 1 aliphatic rings. The van der Waals surface area contributed by atoms with Crippen LogP contribution in [0.25, 0.3) is 0 Å². The van der Waals surface area contributed by atoms with Crippen LogP contribution in [0.3, 0.4) is 0 Å². The average Bonchev–Trinajstić information content (AvgIpc) is 2.99. The largest absolute Gasteiger partial charge is 0.377 e. The summed E-state index contributed by atoms with van der Waals surface area (Å²) < 4.78 is 7.50. The first-order valence-electron chi connectivity index (χ1n) is 9.61. The first-order valence-corrected chi connectivity index (χ1v) is 9.61. The second kappa shape index (κ2) is 8.57. The van der Waals surface area contributed by atoms with Gasteiger partial charge in [0.1, 0.15) is 12.4 Å². The van der Waals surface area contributed by atoms with E-state index in [2.05, 4.69) is 35.6 Å². The molecule has 6 nitrogen and oxygen atoms in total. The molecule has 146 valence electrons. The Bertz CT molecular complexity index is 791. The number of imidazole rings is 1. The molecule has 1 aromatic carbocycles. The van der Waals surface area contributed by atoms with E-state index in [1.54, 1.807) is 7.11 Å². The maximum absolute atomic E-state index is 12.6. The summed E-state index contributed by atoms with van der Waals surface area (Å²) in [6, 6.07) is 6.03. The molecule has 0 radical (unpaired) electrons. The number of hydrogen-bond donors (Lipinski definition) is 1. The van der Waals surface area contributed by atoms with Gasteiger partial charge in [-0.3, -0.25) is 0 Å². The molecule has 1 aliphatic heterocycles. The standard InChI is InChI=1S/C21H30N4O2/c1-15-5-6-19(11-16(15)2)23-21(26)24-9-7-18(8-10-24)13-25-17(3)12-22-20(25)14-27-4/h5-6,11-12,18H,7-10,13-14H2,1-4H3,(H,23,26). The molecule has 1 N–H and O–H groups in total. The number of nitrogens with one attached hydrogen (secondary N) is 1. The van der Waals surface area contributed by atoms with E-state index in [1.165, 1.54) is 11.1 Å². The summed E-state index contributed by atoms with van der Waals surface area (Å²) in [5.74, 6) is 1.53. The molecule has 3 rings (SSSR count). The molecule has 0 atom stereocenters. The Kier molecular flexibility index (Phi) is 6.16. The van der Waals surface area contributed by atoms with Gasteiger partial charge in [0, 0.05) is 44.3 Å². The van der Waals surface area contributed by atoms with Crippen molar-refractivity contribution in [2.24, 2.45) is 5.92 Å². The molecule has 0 unspecified atom stereocenters. The van der Waals surface area contributed by atoms with Crippen molar-refractivity contribution >= 4 is 11.7 Å². The van der Waals surface area contributed by atoms with Crippen LogP contribution in [-0.4, -0.2) is 40.7 Å². The number of aryl methyl sites for hydroxylation is 3. The predicted octanol–water partition coefficient (Wildman–Crippen LogP) is 3.90. The van der Waals surface area contributed by atoms with Crippen molar-refractivity contribution in [2.45, 2.75) is 46.8 Å². The highest BCUT2D eigenvalue weighted by Crippen LogP contribution is 2.22. The van der Waals surface area contributed by atoms with Gasteiger partial charge >= 0.3 is 6.03 Å². The topological polar surface area (TPSA) is 59.4 Å². The summed E-state index contributed by atoms with van der Waals surface area (Å²) in [5.41, 5.74) is 4.45. The lowest BCUT2D eigenvalue weighted by atomic mass is 9.96. The lowest BCUT2D eigenvalue weighted by molar-refractivity contribution is 0.163. The number of methoxy groups -OCH3 is 1. The number of rotatable bonds is 5. The van der Waals surface area contributed by atoms with Crippen molar-refractivity contribution in [1.29, 1.82) is 0 Å². The van der Waals surface area contributed by atoms with Crippen LogP contribution < -0.4 is 5.32 Å². The molecule has 2 heterocycles. The molecule has 0 spiro atoms. The maximum atomic E-state index is 12.6. The molecule has 1 fully saturated rings. The highest BCUT2D eigenvalue weighted by atomic mass is 16.5. The minimum absolute atomic E-state index is 0.00409. The summed E-state index contributed by atoms with van der Waals surface area (Å²) in [6.45, 7) is 9.27. The number of hydrogen-bond acceptors (Lipinski definition) is 3. The number of benzene rings is 1. The smallest absolute Gasteiger partial charge is 0.321 e. The first kappa shape index (κ1) is 19.4. The fourth-order valence-electron chi connectivity index (χ4n) is 3.60. The van der Waals surface area contributed by atoms with E-state index in [4.69, 9.17) is 4.74 Å². The molecule has 0 saturated carbocycles. The minimum Gasteiger partial charge on any atom is -0.377 e. The number of carbonyl (C=O) groups excluding carboxylic acids is 1. The van der Waals surface area contributed by atoms with Crippen molar-refractivity contribution in [2.75, 3.05) is 25.5 Å². The molecular weight excluding hydrogens is 340 g/mol. The van der Waals surface area contributed by atoms with E-state index in [9.17, 15) is 4.79 Å². The van der Waals surface area contributed by atoms with Gasteiger partial charge in [-0.1, -0.05) is 6.07 Å². The zero-order valence-corrected chi connectivity index (χ0v) is 16.8. The van der Waals surface area contributed by atoms with Crippen LogP contribution in [0.2, 0.25) is 0 Å². The number of amides is 2. The van der Waals surface area contributed by atoms with Gasteiger partial charge in [0.2, 0.25) is 0 Å². The van der Waals surface area contributed by atoms with Gasteiger partial charge in [0.25, 0.3) is 0 Å². The Balaban J connectivity index is 1.53. The van der Waals surface area contributed by atoms with Gasteiger partial charge in [0.15, 0.2) is 0 Å². The Morgan fingerprint density at radius 1 is 1.22 bits per heavy atom. The van der Waals surface area contributed by atoms with E-state index in [-0.39, 0.29) is 6.03 Å². The van der Waals surface area contributed by atoms with Crippen LogP contribution in [0.1, 0.15) is 35.5 Å². The zero-order chi connectivity index (χ0) is 19.4. The van der Waals surface area contributed by atoms with Gasteiger partial charge in [-0.15, -0.1) is 0 Å². The number of urea groups is 1. The third-order valence-electron chi connectivity index (χ3n) is 5.51. The Hall–Kier alpha value is -2.34. The number of piperidine rings is 1. The van der Waals surface area contributed by atoms with Gasteiger partial charge in [-0.25, -0.2) is 9.78 Å². The first-order chi connectivity index (χ1) is 13.0. The molecule has 2 aromatic rings. The quantitative estimate of drug-likeness (QED) is 0.868. The molecule has 27 heavy (non-hydrogen) atoms. The molecular formula is C21H30N4O2. The normalized spacial score (nSPS) is 15.2. The highest BCUT2D eigenvalue weighted by molar-refractivity contribution is 5.89. The number of carbonyl (C=O) groups is 1. The lowest BCUT2D eigenvalue weighted by Crippen LogP contribution is -2.41. The molecule has 6 heteroatoms. The van der Waals surface area contributed by atoms with E-state index in [1.807, 2.05) is 29.3 Å². The minimum atomic E-state index is -0.00409. The van der Waals surface area contributed by atoms with E-state index < -0.39 is 0 Å². The Labute approximate surface area is 161 Å². The van der Waals surface area contributed by atoms with Gasteiger partial charge in [-0.05, 0) is 62.8 Å². The van der Waals surface area contributed by atoms with Gasteiger partial charge < -0.3 is 19.5 Å². The number of nitrogens with zero attached hydrogens (tertiary/aromatic N) is 3. The third-order valence-corrected chi connectivity index (χ3v) is 5.51. The monoisotopic (exact) mass is 370 g/mol. The summed E-state index contributed by atoms with van der Waals surface area (Å²) in [6.07, 6.45) is 3.91. The fraction of sp³-hybridized carbons (Fsp3) is 0.524. The third kappa shape index (κ3) is 4.69. The number of aromatic nitrogens is 2. The van der Waals surface area contributed by atoms with Crippen LogP contribution in [0, 0.1) is 26.7 Å². The van der Waals surface area contributed by atoms with Crippen molar-refractivity contribution in [3.05, 3.63) is 47.0 Å². The maximum Gasteiger partial charge on any atom is 0.321 e. The van der Waals surface area contributed by atoms with Crippen molar-refractivity contribution in [3.63, 3.8) is 0 Å². The van der Waals surface area contributed by atoms with Crippen molar-refractivity contribution in [1.82, 2.24) is 14.5 Å².